The molecule has 90 valence electrons. The van der Waals surface area contributed by atoms with Gasteiger partial charge in [0.2, 0.25) is 5.95 Å². The summed E-state index contributed by atoms with van der Waals surface area (Å²) in [4.78, 5) is 15.2. The lowest BCUT2D eigenvalue weighted by Crippen LogP contribution is -2.18. The third kappa shape index (κ3) is 4.04. The first-order valence-electron chi connectivity index (χ1n) is 6.09. The molecule has 0 bridgehead atoms. The SMILES string of the molecule is CCCCNc1nc(=O)ccn1CCCC. The molecular formula is C12H21N3O. The molecule has 0 fully saturated rings. The van der Waals surface area contributed by atoms with Crippen LogP contribution in [-0.2, 0) is 6.54 Å². The largest absolute Gasteiger partial charge is 0.356 e. The minimum atomic E-state index is -0.174. The van der Waals surface area contributed by atoms with E-state index in [1.54, 1.807) is 0 Å². The molecule has 4 heteroatoms. The third-order valence-corrected chi connectivity index (χ3v) is 2.45. The van der Waals surface area contributed by atoms with E-state index in [1.165, 1.54) is 6.07 Å². The summed E-state index contributed by atoms with van der Waals surface area (Å²) in [6.45, 7) is 6.09. The van der Waals surface area contributed by atoms with Gasteiger partial charge in [0.05, 0.1) is 0 Å². The summed E-state index contributed by atoms with van der Waals surface area (Å²) in [7, 11) is 0. The van der Waals surface area contributed by atoms with Crippen LogP contribution in [-0.4, -0.2) is 16.1 Å². The van der Waals surface area contributed by atoms with E-state index in [0.717, 1.165) is 38.8 Å². The molecule has 1 rings (SSSR count). The minimum absolute atomic E-state index is 0.174. The lowest BCUT2D eigenvalue weighted by Gasteiger charge is -2.12. The normalized spacial score (nSPS) is 10.4. The molecule has 0 atom stereocenters. The van der Waals surface area contributed by atoms with Crippen LogP contribution in [0.25, 0.3) is 0 Å². The van der Waals surface area contributed by atoms with Crippen molar-refractivity contribution < 1.29 is 0 Å². The molecule has 0 aliphatic carbocycles. The fraction of sp³-hybridized carbons (Fsp3) is 0.667. The van der Waals surface area contributed by atoms with Gasteiger partial charge in [-0.15, -0.1) is 0 Å². The van der Waals surface area contributed by atoms with E-state index in [2.05, 4.69) is 24.1 Å². The smallest absolute Gasteiger partial charge is 0.274 e. The topological polar surface area (TPSA) is 46.9 Å². The molecule has 16 heavy (non-hydrogen) atoms. The van der Waals surface area contributed by atoms with E-state index in [9.17, 15) is 4.79 Å². The van der Waals surface area contributed by atoms with Gasteiger partial charge in [-0.1, -0.05) is 26.7 Å². The van der Waals surface area contributed by atoms with Crippen LogP contribution in [0.3, 0.4) is 0 Å². The van der Waals surface area contributed by atoms with E-state index < -0.39 is 0 Å². The van der Waals surface area contributed by atoms with Crippen LogP contribution in [0.15, 0.2) is 17.1 Å². The first-order chi connectivity index (χ1) is 7.77. The zero-order valence-corrected chi connectivity index (χ0v) is 10.2. The molecule has 0 radical (unpaired) electrons. The van der Waals surface area contributed by atoms with Crippen LogP contribution in [0.2, 0.25) is 0 Å². The average molecular weight is 223 g/mol. The van der Waals surface area contributed by atoms with Crippen LogP contribution in [0.4, 0.5) is 5.95 Å². The van der Waals surface area contributed by atoms with Crippen LogP contribution >= 0.6 is 0 Å². The summed E-state index contributed by atoms with van der Waals surface area (Å²) in [6, 6.07) is 1.51. The summed E-state index contributed by atoms with van der Waals surface area (Å²) in [5.41, 5.74) is -0.174. The van der Waals surface area contributed by atoms with Crippen LogP contribution in [0.5, 0.6) is 0 Å². The van der Waals surface area contributed by atoms with Crippen molar-refractivity contribution >= 4 is 5.95 Å². The fourth-order valence-electron chi connectivity index (χ4n) is 1.46. The van der Waals surface area contributed by atoms with E-state index >= 15 is 0 Å². The molecule has 0 aliphatic rings. The Morgan fingerprint density at radius 3 is 2.75 bits per heavy atom. The van der Waals surface area contributed by atoms with E-state index in [0.29, 0.717) is 5.95 Å². The molecule has 1 aromatic rings. The summed E-state index contributed by atoms with van der Waals surface area (Å²) < 4.78 is 2.01. The lowest BCUT2D eigenvalue weighted by atomic mass is 10.3. The summed E-state index contributed by atoms with van der Waals surface area (Å²) in [6.07, 6.45) is 6.30. The highest BCUT2D eigenvalue weighted by atomic mass is 16.1. The molecule has 0 unspecified atom stereocenters. The van der Waals surface area contributed by atoms with Crippen molar-refractivity contribution in [3.63, 3.8) is 0 Å². The monoisotopic (exact) mass is 223 g/mol. The van der Waals surface area contributed by atoms with E-state index in [-0.39, 0.29) is 5.56 Å². The van der Waals surface area contributed by atoms with Gasteiger partial charge in [-0.3, -0.25) is 4.79 Å². The molecule has 4 nitrogen and oxygen atoms in total. The van der Waals surface area contributed by atoms with Gasteiger partial charge in [0.15, 0.2) is 0 Å². The van der Waals surface area contributed by atoms with E-state index in [1.807, 2.05) is 10.8 Å². The Balaban J connectivity index is 2.69. The number of nitrogens with one attached hydrogen (secondary N) is 1. The van der Waals surface area contributed by atoms with Crippen molar-refractivity contribution in [2.45, 2.75) is 46.1 Å². The first-order valence-corrected chi connectivity index (χ1v) is 6.09. The molecule has 0 saturated carbocycles. The predicted octanol–water partition coefficient (Wildman–Crippen LogP) is 2.26. The molecule has 0 spiro atoms. The second kappa shape index (κ2) is 7.04. The highest BCUT2D eigenvalue weighted by molar-refractivity contribution is 5.24. The third-order valence-electron chi connectivity index (χ3n) is 2.45. The number of anilines is 1. The van der Waals surface area contributed by atoms with Gasteiger partial charge in [0.1, 0.15) is 0 Å². The van der Waals surface area contributed by atoms with Crippen molar-refractivity contribution in [3.8, 4) is 0 Å². The second-order valence-corrected chi connectivity index (χ2v) is 3.92. The highest BCUT2D eigenvalue weighted by Gasteiger charge is 2.01. The van der Waals surface area contributed by atoms with Gasteiger partial charge in [0, 0.05) is 25.4 Å². The second-order valence-electron chi connectivity index (χ2n) is 3.92. The van der Waals surface area contributed by atoms with Crippen molar-refractivity contribution in [2.75, 3.05) is 11.9 Å². The molecule has 0 saturated heterocycles. The van der Waals surface area contributed by atoms with E-state index in [4.69, 9.17) is 0 Å². The van der Waals surface area contributed by atoms with Crippen molar-refractivity contribution in [3.05, 3.63) is 22.6 Å². The maximum Gasteiger partial charge on any atom is 0.274 e. The van der Waals surface area contributed by atoms with Crippen LogP contribution in [0.1, 0.15) is 39.5 Å². The van der Waals surface area contributed by atoms with Gasteiger partial charge in [-0.2, -0.15) is 4.98 Å². The summed E-state index contributed by atoms with van der Waals surface area (Å²) in [5.74, 6) is 0.703. The molecule has 0 amide bonds. The fourth-order valence-corrected chi connectivity index (χ4v) is 1.46. The van der Waals surface area contributed by atoms with Gasteiger partial charge in [0.25, 0.3) is 5.56 Å². The Morgan fingerprint density at radius 2 is 2.06 bits per heavy atom. The Kier molecular flexibility index (Phi) is 5.61. The zero-order valence-electron chi connectivity index (χ0n) is 10.2. The number of hydrogen-bond donors (Lipinski definition) is 1. The molecule has 0 aliphatic heterocycles. The molecule has 1 N–H and O–H groups in total. The number of aryl methyl sites for hydroxylation is 1. The van der Waals surface area contributed by atoms with Crippen LogP contribution in [0, 0.1) is 0 Å². The van der Waals surface area contributed by atoms with Crippen molar-refractivity contribution in [2.24, 2.45) is 0 Å². The average Bonchev–Trinajstić information content (AvgIpc) is 2.28. The Bertz CT molecular complexity index is 360. The van der Waals surface area contributed by atoms with Crippen molar-refractivity contribution in [1.82, 2.24) is 9.55 Å². The standard InChI is InChI=1S/C12H21N3O/c1-3-5-8-13-12-14-11(16)7-10-15(12)9-6-4-2/h7,10H,3-6,8-9H2,1-2H3,(H,13,14,16). The number of hydrogen-bond acceptors (Lipinski definition) is 3. The number of nitrogens with zero attached hydrogens (tertiary/aromatic N) is 2. The molecule has 0 aromatic carbocycles. The Hall–Kier alpha value is -1.32. The van der Waals surface area contributed by atoms with Crippen molar-refractivity contribution in [1.29, 1.82) is 0 Å². The molecule has 1 aromatic heterocycles. The Morgan fingerprint density at radius 1 is 1.31 bits per heavy atom. The molecular weight excluding hydrogens is 202 g/mol. The van der Waals surface area contributed by atoms with Gasteiger partial charge < -0.3 is 9.88 Å². The quantitative estimate of drug-likeness (QED) is 0.721. The zero-order chi connectivity index (χ0) is 11.8. The predicted molar refractivity (Wildman–Crippen MR) is 66.8 cm³/mol. The minimum Gasteiger partial charge on any atom is -0.356 e. The molecule has 1 heterocycles. The van der Waals surface area contributed by atoms with Gasteiger partial charge in [-0.25, -0.2) is 0 Å². The van der Waals surface area contributed by atoms with Gasteiger partial charge >= 0.3 is 0 Å². The number of rotatable bonds is 7. The maximum atomic E-state index is 11.2. The maximum absolute atomic E-state index is 11.2. The summed E-state index contributed by atoms with van der Waals surface area (Å²) in [5, 5.41) is 3.22. The number of aromatic nitrogens is 2. The van der Waals surface area contributed by atoms with Gasteiger partial charge in [-0.05, 0) is 12.8 Å². The van der Waals surface area contributed by atoms with Crippen LogP contribution < -0.4 is 10.9 Å². The first kappa shape index (κ1) is 12.7. The summed E-state index contributed by atoms with van der Waals surface area (Å²) >= 11 is 0. The highest BCUT2D eigenvalue weighted by Crippen LogP contribution is 2.03. The number of unbranched alkanes of at least 4 members (excludes halogenated alkanes) is 2. The lowest BCUT2D eigenvalue weighted by molar-refractivity contribution is 0.620. The Labute approximate surface area is 96.7 Å².